The smallest absolute Gasteiger partial charge is 0.197 e. The molecule has 174 valence electrons. The van der Waals surface area contributed by atoms with Crippen LogP contribution in [0.2, 0.25) is 0 Å². The number of hydrogen-bond acceptors (Lipinski definition) is 2. The third-order valence-corrected chi connectivity index (χ3v) is 4.83. The Bertz CT molecular complexity index is 1210. The lowest BCUT2D eigenvalue weighted by molar-refractivity contribution is 0.792. The van der Waals surface area contributed by atoms with E-state index in [1.807, 2.05) is 115 Å². The van der Waals surface area contributed by atoms with Gasteiger partial charge in [0.25, 0.3) is 0 Å². The molecule has 0 radical (unpaired) electrons. The maximum Gasteiger partial charge on any atom is 0.197 e. The number of rotatable bonds is 6. The summed E-state index contributed by atoms with van der Waals surface area (Å²) in [6.07, 6.45) is 7.72. The lowest BCUT2D eigenvalue weighted by Crippen LogP contribution is -2.16. The minimum atomic E-state index is -0.0216. The van der Waals surface area contributed by atoms with Crippen LogP contribution in [0.4, 0.5) is 0 Å². The number of fused-ring (bicyclic) bond motifs is 1. The van der Waals surface area contributed by atoms with Crippen molar-refractivity contribution in [3.63, 3.8) is 0 Å². The minimum Gasteiger partial charge on any atom is -0.341 e. The van der Waals surface area contributed by atoms with Gasteiger partial charge in [0, 0.05) is 22.8 Å². The molecule has 3 nitrogen and oxygen atoms in total. The Kier molecular flexibility index (Phi) is 11.6. The van der Waals surface area contributed by atoms with E-state index in [0.29, 0.717) is 23.1 Å². The molecule has 2 heterocycles. The molecule has 0 N–H and O–H groups in total. The summed E-state index contributed by atoms with van der Waals surface area (Å²) in [5.74, 6) is 0. The van der Waals surface area contributed by atoms with Crippen molar-refractivity contribution in [2.24, 2.45) is 0 Å². The Balaban J connectivity index is 0.00000129. The van der Waals surface area contributed by atoms with Crippen molar-refractivity contribution in [2.75, 3.05) is 0 Å². The van der Waals surface area contributed by atoms with Gasteiger partial charge in [0.1, 0.15) is 0 Å². The van der Waals surface area contributed by atoms with Crippen LogP contribution in [0.5, 0.6) is 0 Å². The monoisotopic (exact) mass is 442 g/mol. The van der Waals surface area contributed by atoms with Crippen molar-refractivity contribution in [1.82, 2.24) is 9.55 Å². The van der Waals surface area contributed by atoms with Crippen LogP contribution >= 0.6 is 0 Å². The van der Waals surface area contributed by atoms with Gasteiger partial charge in [-0.15, -0.1) is 0 Å². The molecule has 2 aromatic heterocycles. The first kappa shape index (κ1) is 27.6. The molecule has 3 aromatic rings. The Morgan fingerprint density at radius 1 is 1.03 bits per heavy atom. The summed E-state index contributed by atoms with van der Waals surface area (Å²) >= 11 is 0. The molecule has 0 spiro atoms. The van der Waals surface area contributed by atoms with Crippen molar-refractivity contribution in [1.29, 1.82) is 0 Å². The average Bonchev–Trinajstić information content (AvgIpc) is 2.83. The van der Waals surface area contributed by atoms with Gasteiger partial charge in [-0.05, 0) is 56.2 Å². The van der Waals surface area contributed by atoms with E-state index in [9.17, 15) is 4.79 Å². The molecule has 1 aromatic carbocycles. The van der Waals surface area contributed by atoms with Crippen molar-refractivity contribution < 1.29 is 0 Å². The number of aryl methyl sites for hydroxylation is 1. The van der Waals surface area contributed by atoms with E-state index < -0.39 is 0 Å². The van der Waals surface area contributed by atoms with Crippen LogP contribution in [-0.4, -0.2) is 9.55 Å². The Morgan fingerprint density at radius 3 is 2.30 bits per heavy atom. The molecule has 0 unspecified atom stereocenters. The van der Waals surface area contributed by atoms with Gasteiger partial charge in [-0.25, -0.2) is 0 Å². The molecule has 0 saturated heterocycles. The molecule has 0 bridgehead atoms. The van der Waals surface area contributed by atoms with Crippen LogP contribution in [0, 0.1) is 6.92 Å². The maximum absolute atomic E-state index is 13.3. The molecular formula is C30H38N2O. The van der Waals surface area contributed by atoms with E-state index in [1.54, 1.807) is 0 Å². The van der Waals surface area contributed by atoms with Crippen LogP contribution in [0.3, 0.4) is 0 Å². The number of benzene rings is 1. The number of aromatic nitrogens is 2. The highest BCUT2D eigenvalue weighted by molar-refractivity contribution is 5.88. The number of nitrogens with zero attached hydrogens (tertiary/aromatic N) is 2. The zero-order valence-electron chi connectivity index (χ0n) is 21.3. The summed E-state index contributed by atoms with van der Waals surface area (Å²) in [6.45, 7) is 22.7. The summed E-state index contributed by atoms with van der Waals surface area (Å²) in [5.41, 5.74) is 5.77. The van der Waals surface area contributed by atoms with E-state index in [4.69, 9.17) is 0 Å². The fraction of sp³-hybridized carbons (Fsp3) is 0.267. The van der Waals surface area contributed by atoms with Gasteiger partial charge in [-0.2, -0.15) is 0 Å². The summed E-state index contributed by atoms with van der Waals surface area (Å²) in [5, 5.41) is 0.672. The van der Waals surface area contributed by atoms with Crippen molar-refractivity contribution in [3.8, 4) is 0 Å². The van der Waals surface area contributed by atoms with Gasteiger partial charge in [-0.3, -0.25) is 9.78 Å². The number of para-hydroxylation sites is 1. The first-order valence-electron chi connectivity index (χ1n) is 11.7. The van der Waals surface area contributed by atoms with E-state index in [0.717, 1.165) is 28.1 Å². The zero-order chi connectivity index (χ0) is 25.0. The second-order valence-electron chi connectivity index (χ2n) is 7.15. The molecule has 3 rings (SSSR count). The van der Waals surface area contributed by atoms with Crippen molar-refractivity contribution in [3.05, 3.63) is 118 Å². The van der Waals surface area contributed by atoms with E-state index in [1.165, 1.54) is 0 Å². The van der Waals surface area contributed by atoms with Gasteiger partial charge in [-0.1, -0.05) is 82.9 Å². The van der Waals surface area contributed by atoms with Gasteiger partial charge < -0.3 is 4.57 Å². The van der Waals surface area contributed by atoms with Crippen LogP contribution in [0.25, 0.3) is 16.5 Å². The lowest BCUT2D eigenvalue weighted by Gasteiger charge is -2.16. The summed E-state index contributed by atoms with van der Waals surface area (Å²) in [6, 6.07) is 13.6. The van der Waals surface area contributed by atoms with Gasteiger partial charge in [0.15, 0.2) is 5.43 Å². The van der Waals surface area contributed by atoms with E-state index in [2.05, 4.69) is 22.7 Å². The predicted octanol–water partition coefficient (Wildman–Crippen LogP) is 7.90. The molecule has 0 aliphatic heterocycles. The fourth-order valence-electron chi connectivity index (χ4n) is 3.39. The maximum atomic E-state index is 13.3. The van der Waals surface area contributed by atoms with Crippen LogP contribution in [0.15, 0.2) is 96.0 Å². The molecule has 0 atom stereocenters. The Hall–Kier alpha value is -3.46. The Morgan fingerprint density at radius 2 is 1.70 bits per heavy atom. The van der Waals surface area contributed by atoms with Gasteiger partial charge >= 0.3 is 0 Å². The number of allylic oxidation sites excluding steroid dienone is 6. The third kappa shape index (κ3) is 7.01. The normalized spacial score (nSPS) is 10.8. The second kappa shape index (κ2) is 13.8. The van der Waals surface area contributed by atoms with E-state index >= 15 is 0 Å². The highest BCUT2D eigenvalue weighted by Crippen LogP contribution is 2.26. The summed E-state index contributed by atoms with van der Waals surface area (Å²) in [4.78, 5) is 17.9. The topological polar surface area (TPSA) is 34.9 Å². The third-order valence-electron chi connectivity index (χ3n) is 4.83. The van der Waals surface area contributed by atoms with Crippen LogP contribution in [0.1, 0.15) is 58.5 Å². The molecule has 0 aliphatic rings. The fourth-order valence-corrected chi connectivity index (χ4v) is 3.39. The molecule has 0 aliphatic carbocycles. The molecule has 33 heavy (non-hydrogen) atoms. The average molecular weight is 443 g/mol. The first-order chi connectivity index (χ1) is 15.9. The minimum absolute atomic E-state index is 0.0216. The first-order valence-corrected chi connectivity index (χ1v) is 11.7. The highest BCUT2D eigenvalue weighted by atomic mass is 16.1. The quantitative estimate of drug-likeness (QED) is 0.364. The zero-order valence-corrected chi connectivity index (χ0v) is 21.3. The molecule has 0 saturated carbocycles. The molecular weight excluding hydrogens is 404 g/mol. The lowest BCUT2D eigenvalue weighted by atomic mass is 9.94. The van der Waals surface area contributed by atoms with Gasteiger partial charge in [0.2, 0.25) is 0 Å². The highest BCUT2D eigenvalue weighted by Gasteiger charge is 2.15. The molecule has 3 heteroatoms. The molecule has 0 amide bonds. The van der Waals surface area contributed by atoms with Crippen molar-refractivity contribution >= 4 is 16.5 Å². The molecule has 0 fully saturated rings. The second-order valence-corrected chi connectivity index (χ2v) is 7.15. The summed E-state index contributed by atoms with van der Waals surface area (Å²) in [7, 11) is 0. The van der Waals surface area contributed by atoms with Gasteiger partial charge in [0.05, 0.1) is 17.8 Å². The van der Waals surface area contributed by atoms with E-state index in [-0.39, 0.29) is 5.43 Å². The SMILES string of the molecule is C=C(C)/C(=C\C=C/C)C(=C)c1cn(Cc2cccc(C)n2)c2ccccc2c1=O.CC.CC. The summed E-state index contributed by atoms with van der Waals surface area (Å²) < 4.78 is 2.07. The Labute approximate surface area is 199 Å². The predicted molar refractivity (Wildman–Crippen MR) is 146 cm³/mol. The largest absolute Gasteiger partial charge is 0.341 e. The number of hydrogen-bond donors (Lipinski definition) is 0. The standard InChI is InChI=1S/C26H26N2O.2C2H6/c1-6-7-13-22(18(2)3)20(5)24-17-28(16-21-12-10-11-19(4)27-21)25-15-9-8-14-23(25)26(24)29;2*1-2/h6-15,17H,2,5,16H2,1,3-4H3;2*1-2H3/b7-6-,22-13+;;. The number of pyridine rings is 2. The van der Waals surface area contributed by atoms with Crippen LogP contribution in [-0.2, 0) is 6.54 Å². The van der Waals surface area contributed by atoms with Crippen LogP contribution < -0.4 is 5.43 Å². The van der Waals surface area contributed by atoms with Crippen molar-refractivity contribution in [2.45, 2.75) is 55.0 Å².